The molecule has 21 heavy (non-hydrogen) atoms. The van der Waals surface area contributed by atoms with Gasteiger partial charge in [0.05, 0.1) is 7.05 Å². The minimum absolute atomic E-state index is 0.106. The number of nitro groups is 1. The van der Waals surface area contributed by atoms with Crippen LogP contribution in [0.4, 0.5) is 5.82 Å². The molecular formula is C14H21N3O4. The van der Waals surface area contributed by atoms with E-state index in [4.69, 9.17) is 0 Å². The number of nitrogens with one attached hydrogen (secondary N) is 1. The van der Waals surface area contributed by atoms with Crippen LogP contribution < -0.4 is 5.32 Å². The van der Waals surface area contributed by atoms with Gasteiger partial charge in [0, 0.05) is 19.2 Å². The van der Waals surface area contributed by atoms with Gasteiger partial charge >= 0.3 is 5.82 Å². The molecule has 1 aliphatic carbocycles. The Hall–Kier alpha value is -1.89. The van der Waals surface area contributed by atoms with Crippen molar-refractivity contribution in [3.8, 4) is 0 Å². The van der Waals surface area contributed by atoms with Crippen LogP contribution in [-0.4, -0.2) is 33.7 Å². The van der Waals surface area contributed by atoms with Gasteiger partial charge in [0.2, 0.25) is 0 Å². The van der Waals surface area contributed by atoms with Gasteiger partial charge in [-0.1, -0.05) is 12.8 Å². The monoisotopic (exact) mass is 295 g/mol. The van der Waals surface area contributed by atoms with Crippen molar-refractivity contribution < 1.29 is 14.8 Å². The molecule has 7 heteroatoms. The zero-order valence-electron chi connectivity index (χ0n) is 12.1. The molecule has 0 saturated heterocycles. The van der Waals surface area contributed by atoms with E-state index in [-0.39, 0.29) is 35.9 Å². The quantitative estimate of drug-likeness (QED) is 0.634. The molecule has 0 aliphatic heterocycles. The smallest absolute Gasteiger partial charge is 0.323 e. The first-order chi connectivity index (χ1) is 10.0. The van der Waals surface area contributed by atoms with Crippen molar-refractivity contribution in [3.63, 3.8) is 0 Å². The highest BCUT2D eigenvalue weighted by atomic mass is 16.6. The Balaban J connectivity index is 1.97. The summed E-state index contributed by atoms with van der Waals surface area (Å²) in [4.78, 5) is 22.4. The number of rotatable bonds is 5. The van der Waals surface area contributed by atoms with Crippen LogP contribution in [0.25, 0.3) is 0 Å². The second-order valence-electron chi connectivity index (χ2n) is 5.59. The third-order valence-electron chi connectivity index (χ3n) is 4.34. The van der Waals surface area contributed by atoms with Gasteiger partial charge in [-0.05, 0) is 35.7 Å². The molecule has 2 unspecified atom stereocenters. The number of hydrogen-bond acceptors (Lipinski definition) is 4. The summed E-state index contributed by atoms with van der Waals surface area (Å²) in [6, 6.07) is 2.78. The van der Waals surface area contributed by atoms with Gasteiger partial charge in [-0.3, -0.25) is 4.79 Å². The molecule has 2 N–H and O–H groups in total. The molecule has 0 aromatic carbocycles. The summed E-state index contributed by atoms with van der Waals surface area (Å²) in [5, 5.41) is 23.0. The normalized spacial score (nSPS) is 22.0. The molecule has 0 bridgehead atoms. The Kier molecular flexibility index (Phi) is 4.95. The summed E-state index contributed by atoms with van der Waals surface area (Å²) in [7, 11) is 1.50. The standard InChI is InChI=1S/C14H21N3O4/c1-16-12(6-7-13(16)17(20)21)14(19)15-8-10-4-2-3-5-11(10)9-18/h6-7,10-11,18H,2-5,8-9H2,1H3,(H,15,19). The summed E-state index contributed by atoms with van der Waals surface area (Å²) in [6.45, 7) is 0.652. The Morgan fingerprint density at radius 1 is 1.43 bits per heavy atom. The molecular weight excluding hydrogens is 274 g/mol. The zero-order chi connectivity index (χ0) is 15.4. The molecule has 1 aromatic rings. The van der Waals surface area contributed by atoms with E-state index >= 15 is 0 Å². The fraction of sp³-hybridized carbons (Fsp3) is 0.643. The maximum absolute atomic E-state index is 12.1. The van der Waals surface area contributed by atoms with Crippen molar-refractivity contribution in [3.05, 3.63) is 27.9 Å². The number of nitrogens with zero attached hydrogens (tertiary/aromatic N) is 2. The molecule has 1 aliphatic rings. The van der Waals surface area contributed by atoms with Crippen LogP contribution in [0.2, 0.25) is 0 Å². The molecule has 7 nitrogen and oxygen atoms in total. The molecule has 1 aromatic heterocycles. The van der Waals surface area contributed by atoms with Crippen LogP contribution in [0, 0.1) is 22.0 Å². The second kappa shape index (κ2) is 6.71. The second-order valence-corrected chi connectivity index (χ2v) is 5.59. The lowest BCUT2D eigenvalue weighted by molar-refractivity contribution is -0.391. The van der Waals surface area contributed by atoms with E-state index in [2.05, 4.69) is 5.32 Å². The number of hydrogen-bond donors (Lipinski definition) is 2. The van der Waals surface area contributed by atoms with Crippen molar-refractivity contribution in [2.75, 3.05) is 13.2 Å². The SMILES string of the molecule is Cn1c(C(=O)NCC2CCCCC2CO)ccc1[N+](=O)[O-]. The first kappa shape index (κ1) is 15.5. The number of carbonyl (C=O) groups is 1. The van der Waals surface area contributed by atoms with E-state index in [0.29, 0.717) is 6.54 Å². The van der Waals surface area contributed by atoms with Crippen molar-refractivity contribution in [2.45, 2.75) is 25.7 Å². The third kappa shape index (κ3) is 3.41. The molecule has 1 saturated carbocycles. The van der Waals surface area contributed by atoms with Gasteiger partial charge in [-0.2, -0.15) is 0 Å². The summed E-state index contributed by atoms with van der Waals surface area (Å²) < 4.78 is 1.28. The van der Waals surface area contributed by atoms with Crippen molar-refractivity contribution in [1.82, 2.24) is 9.88 Å². The van der Waals surface area contributed by atoms with Gasteiger partial charge in [0.1, 0.15) is 0 Å². The van der Waals surface area contributed by atoms with Crippen molar-refractivity contribution in [2.24, 2.45) is 18.9 Å². The van der Waals surface area contributed by atoms with Crippen LogP contribution >= 0.6 is 0 Å². The number of carbonyl (C=O) groups excluding carboxylic acids is 1. The molecule has 116 valence electrons. The molecule has 1 heterocycles. The maximum Gasteiger partial charge on any atom is 0.323 e. The van der Waals surface area contributed by atoms with E-state index in [0.717, 1.165) is 25.7 Å². The first-order valence-electron chi connectivity index (χ1n) is 7.23. The average Bonchev–Trinajstić information content (AvgIpc) is 2.87. The van der Waals surface area contributed by atoms with E-state index in [1.807, 2.05) is 0 Å². The minimum Gasteiger partial charge on any atom is -0.396 e. The van der Waals surface area contributed by atoms with Gasteiger partial charge in [-0.25, -0.2) is 4.57 Å². The molecule has 2 atom stereocenters. The lowest BCUT2D eigenvalue weighted by Gasteiger charge is -2.30. The third-order valence-corrected chi connectivity index (χ3v) is 4.34. The van der Waals surface area contributed by atoms with Crippen molar-refractivity contribution in [1.29, 1.82) is 0 Å². The summed E-state index contributed by atoms with van der Waals surface area (Å²) in [6.07, 6.45) is 4.23. The highest BCUT2D eigenvalue weighted by molar-refractivity contribution is 5.93. The highest BCUT2D eigenvalue weighted by Gasteiger charge is 2.26. The first-order valence-corrected chi connectivity index (χ1v) is 7.23. The number of aliphatic hydroxyl groups excluding tert-OH is 1. The molecule has 1 amide bonds. The predicted octanol–water partition coefficient (Wildman–Crippen LogP) is 1.46. The number of aliphatic hydroxyl groups is 1. The average molecular weight is 295 g/mol. The van der Waals surface area contributed by atoms with Gasteiger partial charge in [0.15, 0.2) is 5.69 Å². The Bertz CT molecular complexity index is 526. The summed E-state index contributed by atoms with van der Waals surface area (Å²) in [5.74, 6) is 0.101. The minimum atomic E-state index is -0.514. The molecule has 2 rings (SSSR count). The van der Waals surface area contributed by atoms with Crippen LogP contribution in [0.5, 0.6) is 0 Å². The van der Waals surface area contributed by atoms with E-state index in [9.17, 15) is 20.0 Å². The number of aromatic nitrogens is 1. The van der Waals surface area contributed by atoms with Gasteiger partial charge in [-0.15, -0.1) is 0 Å². The van der Waals surface area contributed by atoms with Gasteiger partial charge in [0.25, 0.3) is 5.91 Å². The van der Waals surface area contributed by atoms with E-state index in [1.54, 1.807) is 0 Å². The topological polar surface area (TPSA) is 97.4 Å². The van der Waals surface area contributed by atoms with Crippen LogP contribution in [0.3, 0.4) is 0 Å². The fourth-order valence-corrected chi connectivity index (χ4v) is 3.02. The maximum atomic E-state index is 12.1. The highest BCUT2D eigenvalue weighted by Crippen LogP contribution is 2.29. The molecule has 0 radical (unpaired) electrons. The van der Waals surface area contributed by atoms with Crippen LogP contribution in [0.1, 0.15) is 36.2 Å². The van der Waals surface area contributed by atoms with Gasteiger partial charge < -0.3 is 20.5 Å². The lowest BCUT2D eigenvalue weighted by atomic mass is 9.79. The molecule has 1 fully saturated rings. The van der Waals surface area contributed by atoms with Crippen LogP contribution in [0.15, 0.2) is 12.1 Å². The Labute approximate surface area is 123 Å². The Morgan fingerprint density at radius 3 is 2.67 bits per heavy atom. The predicted molar refractivity (Wildman–Crippen MR) is 76.9 cm³/mol. The lowest BCUT2D eigenvalue weighted by Crippen LogP contribution is -2.36. The van der Waals surface area contributed by atoms with Crippen LogP contribution in [-0.2, 0) is 7.05 Å². The summed E-state index contributed by atoms with van der Waals surface area (Å²) >= 11 is 0. The number of amides is 1. The summed E-state index contributed by atoms with van der Waals surface area (Å²) in [5.41, 5.74) is 0.276. The fourth-order valence-electron chi connectivity index (χ4n) is 3.02. The zero-order valence-corrected chi connectivity index (χ0v) is 12.1. The van der Waals surface area contributed by atoms with E-state index in [1.165, 1.54) is 23.7 Å². The van der Waals surface area contributed by atoms with E-state index < -0.39 is 4.92 Å². The van der Waals surface area contributed by atoms with Crippen molar-refractivity contribution >= 4 is 11.7 Å². The largest absolute Gasteiger partial charge is 0.396 e. The molecule has 0 spiro atoms. The Morgan fingerprint density at radius 2 is 2.10 bits per heavy atom.